The minimum Gasteiger partial charge on any atom is -0.384 e. The van der Waals surface area contributed by atoms with Crippen LogP contribution in [0.25, 0.3) is 22.1 Å². The summed E-state index contributed by atoms with van der Waals surface area (Å²) in [6, 6.07) is 14.8. The molecule has 7 heteroatoms. The number of hydrogen-bond acceptors (Lipinski definition) is 6. The first-order valence-electron chi connectivity index (χ1n) is 8.82. The molecule has 4 aromatic rings. The quantitative estimate of drug-likeness (QED) is 0.573. The molecule has 134 valence electrons. The number of thiazole rings is 1. The minimum atomic E-state index is 0.192. The van der Waals surface area contributed by atoms with E-state index in [0.29, 0.717) is 11.6 Å². The number of rotatable bonds is 3. The Bertz CT molecular complexity index is 1110. The largest absolute Gasteiger partial charge is 0.384 e. The number of nitrogen functional groups attached to an aromatic ring is 1. The molecule has 5 rings (SSSR count). The molecule has 0 amide bonds. The van der Waals surface area contributed by atoms with Crippen molar-refractivity contribution in [2.24, 2.45) is 0 Å². The molecule has 1 aliphatic heterocycles. The van der Waals surface area contributed by atoms with Crippen LogP contribution in [0.1, 0.15) is 23.6 Å². The van der Waals surface area contributed by atoms with E-state index in [9.17, 15) is 0 Å². The maximum atomic E-state index is 6.28. The Morgan fingerprint density at radius 3 is 2.89 bits per heavy atom. The fourth-order valence-corrected chi connectivity index (χ4v) is 4.04. The number of nitrogens with two attached hydrogens (primary N) is 1. The second-order valence-corrected chi connectivity index (χ2v) is 7.41. The zero-order valence-corrected chi connectivity index (χ0v) is 15.4. The average Bonchev–Trinajstić information content (AvgIpc) is 3.38. The second-order valence-electron chi connectivity index (χ2n) is 6.52. The van der Waals surface area contributed by atoms with Crippen molar-refractivity contribution in [1.29, 1.82) is 0 Å². The van der Waals surface area contributed by atoms with E-state index in [2.05, 4.69) is 56.8 Å². The number of pyridine rings is 1. The van der Waals surface area contributed by atoms with Crippen LogP contribution in [-0.2, 0) is 0 Å². The van der Waals surface area contributed by atoms with Crippen LogP contribution in [0.5, 0.6) is 0 Å². The number of hydrogen-bond donors (Lipinski definition) is 2. The summed E-state index contributed by atoms with van der Waals surface area (Å²) in [5.41, 5.74) is 10.8. The van der Waals surface area contributed by atoms with Gasteiger partial charge in [-0.05, 0) is 35.3 Å². The van der Waals surface area contributed by atoms with Gasteiger partial charge in [0.1, 0.15) is 5.82 Å². The van der Waals surface area contributed by atoms with E-state index < -0.39 is 0 Å². The Balaban J connectivity index is 1.49. The van der Waals surface area contributed by atoms with Gasteiger partial charge in [-0.1, -0.05) is 36.4 Å². The second kappa shape index (κ2) is 6.61. The molecule has 0 radical (unpaired) electrons. The number of benzene rings is 1. The predicted octanol–water partition coefficient (Wildman–Crippen LogP) is 3.55. The molecule has 0 saturated carbocycles. The molecule has 3 aromatic heterocycles. The highest BCUT2D eigenvalue weighted by Crippen LogP contribution is 2.32. The highest BCUT2D eigenvalue weighted by Gasteiger charge is 2.20. The van der Waals surface area contributed by atoms with Crippen molar-refractivity contribution in [3.8, 4) is 10.8 Å². The lowest BCUT2D eigenvalue weighted by atomic mass is 9.92. The average molecular weight is 374 g/mol. The third kappa shape index (κ3) is 3.01. The summed E-state index contributed by atoms with van der Waals surface area (Å²) in [4.78, 5) is 8.91. The van der Waals surface area contributed by atoms with E-state index in [0.717, 1.165) is 29.2 Å². The minimum absolute atomic E-state index is 0.192. The molecule has 0 fully saturated rings. The standard InChI is InChI=1S/C20H18N6S/c21-17-11-15(12-18-24-19(25-26(17)18)20-23-8-9-27-20)16-10-14(6-7-22-16)13-4-2-1-3-5-13/h1-6,8-9,11-12,16,22H,7,10,21H2. The Labute approximate surface area is 160 Å². The van der Waals surface area contributed by atoms with Gasteiger partial charge in [0.25, 0.3) is 0 Å². The number of fused-ring (bicyclic) bond motifs is 1. The summed E-state index contributed by atoms with van der Waals surface area (Å²) < 4.78 is 1.68. The topological polar surface area (TPSA) is 81.1 Å². The highest BCUT2D eigenvalue weighted by molar-refractivity contribution is 7.13. The van der Waals surface area contributed by atoms with Crippen molar-refractivity contribution in [3.63, 3.8) is 0 Å². The third-order valence-corrected chi connectivity index (χ3v) is 5.56. The molecule has 0 spiro atoms. The van der Waals surface area contributed by atoms with E-state index in [1.165, 1.54) is 22.5 Å². The van der Waals surface area contributed by atoms with Crippen LogP contribution >= 0.6 is 11.3 Å². The van der Waals surface area contributed by atoms with Crippen molar-refractivity contribution >= 4 is 28.4 Å². The molecule has 0 saturated heterocycles. The molecule has 1 aromatic carbocycles. The van der Waals surface area contributed by atoms with Crippen LogP contribution < -0.4 is 11.1 Å². The van der Waals surface area contributed by atoms with Crippen molar-refractivity contribution in [3.05, 3.63) is 71.2 Å². The van der Waals surface area contributed by atoms with E-state index in [1.807, 2.05) is 17.5 Å². The van der Waals surface area contributed by atoms with E-state index in [1.54, 1.807) is 10.7 Å². The first-order chi connectivity index (χ1) is 13.3. The summed E-state index contributed by atoms with van der Waals surface area (Å²) in [6.45, 7) is 0.830. The maximum Gasteiger partial charge on any atom is 0.211 e. The molecule has 4 heterocycles. The fraction of sp³-hybridized carbons (Fsp3) is 0.150. The molecule has 0 aliphatic carbocycles. The number of anilines is 1. The van der Waals surface area contributed by atoms with Gasteiger partial charge in [-0.2, -0.15) is 4.52 Å². The first kappa shape index (κ1) is 16.2. The van der Waals surface area contributed by atoms with Crippen molar-refractivity contribution in [2.75, 3.05) is 12.3 Å². The Morgan fingerprint density at radius 1 is 1.19 bits per heavy atom. The van der Waals surface area contributed by atoms with Crippen LogP contribution in [0.3, 0.4) is 0 Å². The normalized spacial score (nSPS) is 17.2. The van der Waals surface area contributed by atoms with Crippen LogP contribution in [0.2, 0.25) is 0 Å². The van der Waals surface area contributed by atoms with Gasteiger partial charge in [-0.15, -0.1) is 16.4 Å². The van der Waals surface area contributed by atoms with Gasteiger partial charge in [-0.3, -0.25) is 0 Å². The smallest absolute Gasteiger partial charge is 0.211 e. The van der Waals surface area contributed by atoms with Crippen LogP contribution in [0.15, 0.2) is 60.1 Å². The third-order valence-electron chi connectivity index (χ3n) is 4.79. The van der Waals surface area contributed by atoms with Gasteiger partial charge in [0.2, 0.25) is 5.82 Å². The van der Waals surface area contributed by atoms with Gasteiger partial charge < -0.3 is 11.1 Å². The first-order valence-corrected chi connectivity index (χ1v) is 9.70. The van der Waals surface area contributed by atoms with Gasteiger partial charge in [0.15, 0.2) is 10.7 Å². The summed E-state index contributed by atoms with van der Waals surface area (Å²) in [6.07, 6.45) is 4.92. The lowest BCUT2D eigenvalue weighted by Gasteiger charge is -2.25. The zero-order chi connectivity index (χ0) is 18.2. The lowest BCUT2D eigenvalue weighted by Crippen LogP contribution is -2.26. The Hall–Kier alpha value is -3.03. The van der Waals surface area contributed by atoms with Gasteiger partial charge in [0, 0.05) is 24.2 Å². The van der Waals surface area contributed by atoms with Crippen molar-refractivity contribution < 1.29 is 0 Å². The molecule has 27 heavy (non-hydrogen) atoms. The molecular formula is C20H18N6S. The SMILES string of the molecule is Nc1cc(C2CC(c3ccccc3)=CCN2)cc2nc(-c3nccs3)nn12. The predicted molar refractivity (Wildman–Crippen MR) is 108 cm³/mol. The molecule has 0 bridgehead atoms. The lowest BCUT2D eigenvalue weighted by molar-refractivity contribution is 0.563. The Morgan fingerprint density at radius 2 is 2.07 bits per heavy atom. The molecule has 3 N–H and O–H groups in total. The monoisotopic (exact) mass is 374 g/mol. The molecule has 1 unspecified atom stereocenters. The summed E-state index contributed by atoms with van der Waals surface area (Å²) in [5, 5.41) is 10.8. The zero-order valence-electron chi connectivity index (χ0n) is 14.5. The summed E-state index contributed by atoms with van der Waals surface area (Å²) in [5.74, 6) is 1.19. The number of nitrogens with one attached hydrogen (secondary N) is 1. The van der Waals surface area contributed by atoms with E-state index in [4.69, 9.17) is 5.73 Å². The number of aromatic nitrogens is 4. The van der Waals surface area contributed by atoms with Crippen molar-refractivity contribution in [1.82, 2.24) is 24.9 Å². The van der Waals surface area contributed by atoms with Crippen LogP contribution in [0, 0.1) is 0 Å². The van der Waals surface area contributed by atoms with Gasteiger partial charge in [0.05, 0.1) is 0 Å². The highest BCUT2D eigenvalue weighted by atomic mass is 32.1. The molecule has 6 nitrogen and oxygen atoms in total. The van der Waals surface area contributed by atoms with Crippen molar-refractivity contribution in [2.45, 2.75) is 12.5 Å². The van der Waals surface area contributed by atoms with Gasteiger partial charge >= 0.3 is 0 Å². The van der Waals surface area contributed by atoms with E-state index >= 15 is 0 Å². The van der Waals surface area contributed by atoms with E-state index in [-0.39, 0.29) is 6.04 Å². The Kier molecular flexibility index (Phi) is 3.95. The van der Waals surface area contributed by atoms with Crippen LogP contribution in [-0.4, -0.2) is 26.1 Å². The number of nitrogens with zero attached hydrogens (tertiary/aromatic N) is 4. The molecule has 1 atom stereocenters. The maximum absolute atomic E-state index is 6.28. The summed E-state index contributed by atoms with van der Waals surface area (Å²) >= 11 is 1.52. The van der Waals surface area contributed by atoms with Gasteiger partial charge in [-0.25, -0.2) is 9.97 Å². The van der Waals surface area contributed by atoms with Crippen LogP contribution in [0.4, 0.5) is 5.82 Å². The summed E-state index contributed by atoms with van der Waals surface area (Å²) in [7, 11) is 0. The molecule has 1 aliphatic rings. The fourth-order valence-electron chi connectivity index (χ4n) is 3.48. The molecular weight excluding hydrogens is 356 g/mol.